The molecule has 1 aliphatic rings. The molecule has 0 heterocycles. The lowest BCUT2D eigenvalue weighted by molar-refractivity contribution is 0.202. The van der Waals surface area contributed by atoms with Gasteiger partial charge in [0.15, 0.2) is 0 Å². The van der Waals surface area contributed by atoms with E-state index in [9.17, 15) is 0 Å². The molecule has 0 bridgehead atoms. The van der Waals surface area contributed by atoms with Crippen molar-refractivity contribution in [1.29, 1.82) is 0 Å². The van der Waals surface area contributed by atoms with Crippen molar-refractivity contribution in [3.8, 4) is 5.75 Å². The van der Waals surface area contributed by atoms with E-state index in [-0.39, 0.29) is 0 Å². The summed E-state index contributed by atoms with van der Waals surface area (Å²) in [6.07, 6.45) is 6.63. The van der Waals surface area contributed by atoms with E-state index >= 15 is 0 Å². The molecular formula is C18H29NO. The number of rotatable bonds is 7. The van der Waals surface area contributed by atoms with E-state index in [1.165, 1.54) is 25.7 Å². The van der Waals surface area contributed by atoms with Gasteiger partial charge in [-0.05, 0) is 49.8 Å². The van der Waals surface area contributed by atoms with E-state index in [1.54, 1.807) is 0 Å². The molecule has 1 saturated carbocycles. The Labute approximate surface area is 123 Å². The molecule has 20 heavy (non-hydrogen) atoms. The summed E-state index contributed by atoms with van der Waals surface area (Å²) in [6, 6.07) is 10.8. The highest BCUT2D eigenvalue weighted by Crippen LogP contribution is 2.30. The van der Waals surface area contributed by atoms with Gasteiger partial charge in [-0.3, -0.25) is 0 Å². The number of para-hydroxylation sites is 1. The maximum atomic E-state index is 5.73. The summed E-state index contributed by atoms with van der Waals surface area (Å²) in [5.74, 6) is 2.64. The monoisotopic (exact) mass is 275 g/mol. The summed E-state index contributed by atoms with van der Waals surface area (Å²) in [4.78, 5) is 0. The first-order valence-corrected chi connectivity index (χ1v) is 8.18. The molecule has 2 heteroatoms. The summed E-state index contributed by atoms with van der Waals surface area (Å²) in [5.41, 5.74) is 0. The molecule has 2 rings (SSSR count). The highest BCUT2D eigenvalue weighted by atomic mass is 16.5. The van der Waals surface area contributed by atoms with Gasteiger partial charge in [0.25, 0.3) is 0 Å². The lowest BCUT2D eigenvalue weighted by Crippen LogP contribution is -2.41. The van der Waals surface area contributed by atoms with Crippen LogP contribution < -0.4 is 10.1 Å². The lowest BCUT2D eigenvalue weighted by Gasteiger charge is -2.35. The van der Waals surface area contributed by atoms with E-state index in [4.69, 9.17) is 4.74 Å². The van der Waals surface area contributed by atoms with Gasteiger partial charge in [-0.15, -0.1) is 0 Å². The second-order valence-electron chi connectivity index (χ2n) is 6.27. The Morgan fingerprint density at radius 3 is 2.65 bits per heavy atom. The van der Waals surface area contributed by atoms with Crippen molar-refractivity contribution >= 4 is 0 Å². The molecule has 1 fully saturated rings. The van der Waals surface area contributed by atoms with E-state index < -0.39 is 0 Å². The minimum atomic E-state index is 0.723. The molecule has 1 aromatic rings. The van der Waals surface area contributed by atoms with Crippen LogP contribution in [0.5, 0.6) is 5.75 Å². The lowest BCUT2D eigenvalue weighted by atomic mass is 9.78. The highest BCUT2D eigenvalue weighted by Gasteiger charge is 2.26. The van der Waals surface area contributed by atoms with Gasteiger partial charge in [-0.25, -0.2) is 0 Å². The van der Waals surface area contributed by atoms with Crippen molar-refractivity contribution in [2.75, 3.05) is 13.2 Å². The van der Waals surface area contributed by atoms with Crippen LogP contribution in [0.4, 0.5) is 0 Å². The van der Waals surface area contributed by atoms with Gasteiger partial charge in [0.2, 0.25) is 0 Å². The highest BCUT2D eigenvalue weighted by molar-refractivity contribution is 5.20. The van der Waals surface area contributed by atoms with Crippen LogP contribution in [0, 0.1) is 11.8 Å². The molecule has 1 aliphatic carbocycles. The molecule has 112 valence electrons. The van der Waals surface area contributed by atoms with E-state index in [0.717, 1.165) is 43.2 Å². The summed E-state index contributed by atoms with van der Waals surface area (Å²) in [7, 11) is 0. The topological polar surface area (TPSA) is 21.3 Å². The van der Waals surface area contributed by atoms with Crippen LogP contribution in [-0.2, 0) is 0 Å². The first-order chi connectivity index (χ1) is 9.77. The number of ether oxygens (including phenoxy) is 1. The van der Waals surface area contributed by atoms with Crippen LogP contribution in [0.15, 0.2) is 30.3 Å². The zero-order valence-corrected chi connectivity index (χ0v) is 13.0. The van der Waals surface area contributed by atoms with Crippen molar-refractivity contribution in [2.24, 2.45) is 11.8 Å². The molecule has 1 N–H and O–H groups in total. The fourth-order valence-electron chi connectivity index (χ4n) is 3.28. The van der Waals surface area contributed by atoms with Gasteiger partial charge in [0.05, 0.1) is 6.61 Å². The predicted octanol–water partition coefficient (Wildman–Crippen LogP) is 4.26. The molecule has 2 unspecified atom stereocenters. The van der Waals surface area contributed by atoms with Gasteiger partial charge < -0.3 is 10.1 Å². The van der Waals surface area contributed by atoms with Crippen LogP contribution in [0.1, 0.15) is 46.0 Å². The third kappa shape index (κ3) is 4.82. The van der Waals surface area contributed by atoms with Crippen molar-refractivity contribution in [3.63, 3.8) is 0 Å². The Morgan fingerprint density at radius 1 is 1.15 bits per heavy atom. The van der Waals surface area contributed by atoms with E-state index in [2.05, 4.69) is 19.2 Å². The molecule has 0 aliphatic heterocycles. The Kier molecular flexibility index (Phi) is 6.38. The molecule has 0 spiro atoms. The fraction of sp³-hybridized carbons (Fsp3) is 0.667. The molecule has 1 aromatic carbocycles. The predicted molar refractivity (Wildman–Crippen MR) is 85.1 cm³/mol. The number of nitrogens with one attached hydrogen (secondary N) is 1. The minimum Gasteiger partial charge on any atom is -0.494 e. The first kappa shape index (κ1) is 15.4. The molecule has 0 radical (unpaired) electrons. The van der Waals surface area contributed by atoms with Crippen molar-refractivity contribution in [1.82, 2.24) is 5.32 Å². The Balaban J connectivity index is 1.62. The van der Waals surface area contributed by atoms with Crippen molar-refractivity contribution < 1.29 is 4.74 Å². The Morgan fingerprint density at radius 2 is 1.90 bits per heavy atom. The van der Waals surface area contributed by atoms with Crippen LogP contribution in [0.2, 0.25) is 0 Å². The zero-order chi connectivity index (χ0) is 14.2. The summed E-state index contributed by atoms with van der Waals surface area (Å²) in [6.45, 7) is 6.60. The van der Waals surface area contributed by atoms with Gasteiger partial charge in [-0.2, -0.15) is 0 Å². The maximum absolute atomic E-state index is 5.73. The van der Waals surface area contributed by atoms with Crippen molar-refractivity contribution in [3.05, 3.63) is 30.3 Å². The summed E-state index contributed by atoms with van der Waals surface area (Å²) in [5, 5.41) is 3.76. The van der Waals surface area contributed by atoms with Crippen molar-refractivity contribution in [2.45, 2.75) is 52.0 Å². The zero-order valence-electron chi connectivity index (χ0n) is 13.0. The van der Waals surface area contributed by atoms with Crippen LogP contribution in [0.3, 0.4) is 0 Å². The molecule has 0 amide bonds. The second kappa shape index (κ2) is 8.31. The van der Waals surface area contributed by atoms with Crippen LogP contribution >= 0.6 is 0 Å². The smallest absolute Gasteiger partial charge is 0.119 e. The average molecular weight is 275 g/mol. The van der Waals surface area contributed by atoms with Crippen LogP contribution in [0.25, 0.3) is 0 Å². The fourth-order valence-corrected chi connectivity index (χ4v) is 3.28. The number of benzene rings is 1. The summed E-state index contributed by atoms with van der Waals surface area (Å²) >= 11 is 0. The van der Waals surface area contributed by atoms with Gasteiger partial charge in [-0.1, -0.05) is 44.9 Å². The largest absolute Gasteiger partial charge is 0.494 e. The third-order valence-electron chi connectivity index (χ3n) is 4.42. The quantitative estimate of drug-likeness (QED) is 0.751. The van der Waals surface area contributed by atoms with Crippen LogP contribution in [-0.4, -0.2) is 19.2 Å². The first-order valence-electron chi connectivity index (χ1n) is 8.18. The molecular weight excluding hydrogens is 246 g/mol. The minimum absolute atomic E-state index is 0.723. The molecule has 0 aromatic heterocycles. The Bertz CT molecular complexity index is 363. The van der Waals surface area contributed by atoms with E-state index in [1.807, 2.05) is 30.3 Å². The number of hydrogen-bond donors (Lipinski definition) is 1. The average Bonchev–Trinajstić information content (AvgIpc) is 2.48. The normalized spacial score (nSPS) is 22.9. The Hall–Kier alpha value is -1.02. The molecule has 2 nitrogen and oxygen atoms in total. The third-order valence-corrected chi connectivity index (χ3v) is 4.42. The van der Waals surface area contributed by atoms with Gasteiger partial charge in [0, 0.05) is 6.04 Å². The number of hydrogen-bond acceptors (Lipinski definition) is 2. The van der Waals surface area contributed by atoms with Gasteiger partial charge >= 0.3 is 0 Å². The standard InChI is InChI=1S/C18H29NO/c1-15(2)17-11-6-7-12-18(17)19-13-8-14-20-16-9-4-3-5-10-16/h3-5,9-10,15,17-19H,6-8,11-14H2,1-2H3. The second-order valence-corrected chi connectivity index (χ2v) is 6.27. The molecule has 0 saturated heterocycles. The SMILES string of the molecule is CC(C)C1CCCCC1NCCCOc1ccccc1. The summed E-state index contributed by atoms with van der Waals surface area (Å²) < 4.78 is 5.73. The maximum Gasteiger partial charge on any atom is 0.119 e. The molecule has 2 atom stereocenters. The van der Waals surface area contributed by atoms with Gasteiger partial charge in [0.1, 0.15) is 5.75 Å². The van der Waals surface area contributed by atoms with E-state index in [0.29, 0.717) is 0 Å².